The molecule has 1 aromatic carbocycles. The van der Waals surface area contributed by atoms with E-state index in [2.05, 4.69) is 19.2 Å². The minimum Gasteiger partial charge on any atom is -0.484 e. The van der Waals surface area contributed by atoms with E-state index in [0.717, 1.165) is 43.2 Å². The molecule has 0 amide bonds. The van der Waals surface area contributed by atoms with Gasteiger partial charge in [0.1, 0.15) is 11.4 Å². The van der Waals surface area contributed by atoms with Crippen molar-refractivity contribution in [3.63, 3.8) is 0 Å². The molecule has 3 rings (SSSR count). The lowest BCUT2D eigenvalue weighted by Crippen LogP contribution is -2.48. The topological polar surface area (TPSA) is 30.5 Å². The predicted molar refractivity (Wildman–Crippen MR) is 80.5 cm³/mol. The van der Waals surface area contributed by atoms with E-state index < -0.39 is 0 Å². The molecule has 2 heterocycles. The van der Waals surface area contributed by atoms with Crippen molar-refractivity contribution in [2.24, 2.45) is 0 Å². The van der Waals surface area contributed by atoms with Gasteiger partial charge in [-0.2, -0.15) is 0 Å². The molecule has 0 radical (unpaired) electrons. The van der Waals surface area contributed by atoms with E-state index in [1.54, 1.807) is 0 Å². The first kappa shape index (κ1) is 14.2. The molecule has 1 spiro atoms. The van der Waals surface area contributed by atoms with Gasteiger partial charge < -0.3 is 14.8 Å². The van der Waals surface area contributed by atoms with E-state index >= 15 is 0 Å². The van der Waals surface area contributed by atoms with Gasteiger partial charge in [0.05, 0.1) is 12.7 Å². The molecule has 0 aromatic heterocycles. The number of hydrogen-bond donors (Lipinski definition) is 1. The zero-order chi connectivity index (χ0) is 14.2. The second-order valence-electron chi connectivity index (χ2n) is 5.82. The molecule has 0 saturated carbocycles. The first-order chi connectivity index (χ1) is 9.64. The molecule has 1 N–H and O–H groups in total. The summed E-state index contributed by atoms with van der Waals surface area (Å²) in [5, 5.41) is 4.40. The Bertz CT molecular complexity index is 493. The van der Waals surface area contributed by atoms with Gasteiger partial charge in [-0.15, -0.1) is 0 Å². The molecule has 1 saturated heterocycles. The van der Waals surface area contributed by atoms with Crippen molar-refractivity contribution >= 4 is 11.6 Å². The van der Waals surface area contributed by atoms with Crippen LogP contribution in [0.25, 0.3) is 0 Å². The van der Waals surface area contributed by atoms with Crippen LogP contribution in [0, 0.1) is 0 Å². The fourth-order valence-electron chi connectivity index (χ4n) is 3.27. The minimum absolute atomic E-state index is 0.136. The first-order valence-corrected chi connectivity index (χ1v) is 7.86. The largest absolute Gasteiger partial charge is 0.484 e. The highest BCUT2D eigenvalue weighted by Gasteiger charge is 2.48. The van der Waals surface area contributed by atoms with Crippen molar-refractivity contribution in [1.29, 1.82) is 0 Å². The molecule has 20 heavy (non-hydrogen) atoms. The molecule has 3 atom stereocenters. The van der Waals surface area contributed by atoms with Crippen molar-refractivity contribution < 1.29 is 9.47 Å². The Labute approximate surface area is 125 Å². The van der Waals surface area contributed by atoms with Crippen LogP contribution in [0.1, 0.15) is 44.7 Å². The fraction of sp³-hybridized carbons (Fsp3) is 0.625. The van der Waals surface area contributed by atoms with Gasteiger partial charge >= 0.3 is 0 Å². The molecule has 2 aliphatic rings. The molecule has 1 aromatic rings. The maximum Gasteiger partial charge on any atom is 0.139 e. The van der Waals surface area contributed by atoms with Gasteiger partial charge in [-0.05, 0) is 38.1 Å². The van der Waals surface area contributed by atoms with Crippen LogP contribution in [-0.4, -0.2) is 24.9 Å². The lowest BCUT2D eigenvalue weighted by molar-refractivity contribution is -0.0307. The highest BCUT2D eigenvalue weighted by Crippen LogP contribution is 2.46. The third kappa shape index (κ3) is 2.43. The Morgan fingerprint density at radius 3 is 3.00 bits per heavy atom. The van der Waals surface area contributed by atoms with Crippen molar-refractivity contribution in [2.45, 2.75) is 50.9 Å². The average molecular weight is 296 g/mol. The quantitative estimate of drug-likeness (QED) is 0.922. The van der Waals surface area contributed by atoms with Crippen molar-refractivity contribution in [2.75, 3.05) is 13.2 Å². The average Bonchev–Trinajstić information content (AvgIpc) is 2.78. The summed E-state index contributed by atoms with van der Waals surface area (Å²) in [4.78, 5) is 0. The van der Waals surface area contributed by atoms with Crippen LogP contribution < -0.4 is 10.1 Å². The second-order valence-corrected chi connectivity index (χ2v) is 6.26. The highest BCUT2D eigenvalue weighted by atomic mass is 35.5. The summed E-state index contributed by atoms with van der Waals surface area (Å²) in [5.74, 6) is 0.951. The zero-order valence-corrected chi connectivity index (χ0v) is 12.9. The normalized spacial score (nSPS) is 32.1. The highest BCUT2D eigenvalue weighted by molar-refractivity contribution is 6.30. The van der Waals surface area contributed by atoms with Gasteiger partial charge in [0.2, 0.25) is 0 Å². The van der Waals surface area contributed by atoms with Gasteiger partial charge in [-0.3, -0.25) is 0 Å². The van der Waals surface area contributed by atoms with Gasteiger partial charge in [0.25, 0.3) is 0 Å². The first-order valence-electron chi connectivity index (χ1n) is 7.48. The van der Waals surface area contributed by atoms with Crippen LogP contribution in [-0.2, 0) is 4.74 Å². The SMILES string of the molecule is CCCNC1CC2(CCOC2C)Oc2ccc(Cl)cc21. The third-order valence-electron chi connectivity index (χ3n) is 4.48. The Balaban J connectivity index is 1.94. The number of nitrogens with one attached hydrogen (secondary N) is 1. The number of fused-ring (bicyclic) bond motifs is 1. The maximum absolute atomic E-state index is 6.33. The summed E-state index contributed by atoms with van der Waals surface area (Å²) in [6, 6.07) is 6.21. The lowest BCUT2D eigenvalue weighted by atomic mass is 9.83. The number of rotatable bonds is 3. The van der Waals surface area contributed by atoms with Crippen molar-refractivity contribution in [3.05, 3.63) is 28.8 Å². The standard InChI is InChI=1S/C16H22ClNO2/c1-3-7-18-14-10-16(6-8-19-11(16)2)20-15-5-4-12(17)9-13(14)15/h4-5,9,11,14,18H,3,6-8,10H2,1-2H3. The van der Waals surface area contributed by atoms with E-state index in [4.69, 9.17) is 21.1 Å². The van der Waals surface area contributed by atoms with E-state index in [1.807, 2.05) is 18.2 Å². The van der Waals surface area contributed by atoms with E-state index in [0.29, 0.717) is 6.04 Å². The zero-order valence-electron chi connectivity index (χ0n) is 12.1. The number of benzene rings is 1. The molecular formula is C16H22ClNO2. The van der Waals surface area contributed by atoms with E-state index in [9.17, 15) is 0 Å². The summed E-state index contributed by atoms with van der Waals surface area (Å²) in [6.45, 7) is 6.08. The predicted octanol–water partition coefficient (Wildman–Crippen LogP) is 3.71. The van der Waals surface area contributed by atoms with Crippen LogP contribution in [0.15, 0.2) is 18.2 Å². The minimum atomic E-state index is -0.188. The molecule has 2 aliphatic heterocycles. The maximum atomic E-state index is 6.33. The monoisotopic (exact) mass is 295 g/mol. The summed E-state index contributed by atoms with van der Waals surface area (Å²) in [6.07, 6.45) is 3.16. The van der Waals surface area contributed by atoms with Crippen LogP contribution in [0.4, 0.5) is 0 Å². The van der Waals surface area contributed by atoms with E-state index in [-0.39, 0.29) is 11.7 Å². The molecule has 1 fully saturated rings. The van der Waals surface area contributed by atoms with Gasteiger partial charge in [-0.1, -0.05) is 18.5 Å². The van der Waals surface area contributed by atoms with Crippen molar-refractivity contribution in [3.8, 4) is 5.75 Å². The molecule has 3 nitrogen and oxygen atoms in total. The van der Waals surface area contributed by atoms with Crippen LogP contribution in [0.2, 0.25) is 5.02 Å². The summed E-state index contributed by atoms with van der Waals surface area (Å²) in [5.41, 5.74) is 0.988. The number of ether oxygens (including phenoxy) is 2. The Morgan fingerprint density at radius 2 is 2.30 bits per heavy atom. The number of halogens is 1. The third-order valence-corrected chi connectivity index (χ3v) is 4.72. The molecule has 3 unspecified atom stereocenters. The molecule has 0 aliphatic carbocycles. The number of hydrogen-bond acceptors (Lipinski definition) is 3. The molecule has 110 valence electrons. The molecule has 0 bridgehead atoms. The lowest BCUT2D eigenvalue weighted by Gasteiger charge is -2.42. The Hall–Kier alpha value is -0.770. The summed E-state index contributed by atoms with van der Waals surface area (Å²) in [7, 11) is 0. The summed E-state index contributed by atoms with van der Waals surface area (Å²) < 4.78 is 12.1. The molecular weight excluding hydrogens is 274 g/mol. The van der Waals surface area contributed by atoms with Gasteiger partial charge in [0, 0.05) is 29.5 Å². The van der Waals surface area contributed by atoms with Crippen LogP contribution >= 0.6 is 11.6 Å². The van der Waals surface area contributed by atoms with Gasteiger partial charge in [-0.25, -0.2) is 0 Å². The molecule has 4 heteroatoms. The Kier molecular flexibility index (Phi) is 3.93. The fourth-order valence-corrected chi connectivity index (χ4v) is 3.45. The van der Waals surface area contributed by atoms with E-state index in [1.165, 1.54) is 5.56 Å². The second kappa shape index (κ2) is 5.55. The summed E-state index contributed by atoms with van der Waals surface area (Å²) >= 11 is 6.15. The van der Waals surface area contributed by atoms with Gasteiger partial charge in [0.15, 0.2) is 0 Å². The smallest absolute Gasteiger partial charge is 0.139 e. The van der Waals surface area contributed by atoms with Crippen LogP contribution in [0.3, 0.4) is 0 Å². The van der Waals surface area contributed by atoms with Crippen LogP contribution in [0.5, 0.6) is 5.75 Å². The van der Waals surface area contributed by atoms with Crippen molar-refractivity contribution in [1.82, 2.24) is 5.32 Å². The Morgan fingerprint density at radius 1 is 1.45 bits per heavy atom.